The minimum Gasteiger partial charge on any atom is -0.399 e. The summed E-state index contributed by atoms with van der Waals surface area (Å²) in [6.45, 7) is -12.5. The van der Waals surface area contributed by atoms with E-state index in [4.69, 9.17) is 16.7 Å². The summed E-state index contributed by atoms with van der Waals surface area (Å²) in [6, 6.07) is 8.43. The van der Waals surface area contributed by atoms with Crippen LogP contribution in [0, 0.1) is 0 Å². The second-order valence-electron chi connectivity index (χ2n) is 4.63. The van der Waals surface area contributed by atoms with Gasteiger partial charge in [-0.2, -0.15) is 0 Å². The summed E-state index contributed by atoms with van der Waals surface area (Å²) in [5.74, 6) is -0.316. The highest BCUT2D eigenvalue weighted by Gasteiger charge is 2.17. The van der Waals surface area contributed by atoms with Crippen LogP contribution in [-0.2, 0) is 4.74 Å². The highest BCUT2D eigenvalue weighted by atomic mass is 16.5. The van der Waals surface area contributed by atoms with Gasteiger partial charge in [-0.1, -0.05) is 12.1 Å². The molecule has 4 rings (SSSR count). The fourth-order valence-corrected chi connectivity index (χ4v) is 2.22. The van der Waals surface area contributed by atoms with E-state index in [2.05, 4.69) is 19.7 Å². The fourth-order valence-electron chi connectivity index (χ4n) is 2.22. The molecule has 0 saturated carbocycles. The average molecular weight is 303 g/mol. The number of rotatable bonds is 2. The number of nitrogens with two attached hydrogens (primary N) is 1. The van der Waals surface area contributed by atoms with Crippen molar-refractivity contribution in [2.75, 3.05) is 36.7 Å². The lowest BCUT2D eigenvalue weighted by Gasteiger charge is -2.27. The SMILES string of the molecule is [2H]C1([2H])OC([2H])([2H])C([2H])([2H])N(c2ncnc3[nH]c(-c4ccc(N)cc4)cc23)C1([2H])[2H]. The molecule has 0 spiro atoms. The van der Waals surface area contributed by atoms with Crippen molar-refractivity contribution >= 4 is 22.5 Å². The molecule has 0 amide bonds. The van der Waals surface area contributed by atoms with Crippen LogP contribution in [0.4, 0.5) is 11.5 Å². The Bertz CT molecular complexity index is 1090. The second-order valence-corrected chi connectivity index (χ2v) is 4.63. The van der Waals surface area contributed by atoms with Gasteiger partial charge in [-0.3, -0.25) is 0 Å². The molecule has 0 radical (unpaired) electrons. The van der Waals surface area contributed by atoms with Crippen molar-refractivity contribution in [3.8, 4) is 11.3 Å². The third-order valence-electron chi connectivity index (χ3n) is 3.26. The standard InChI is InChI=1S/C16H17N5O/c17-12-3-1-11(2-4-12)14-9-13-15(20-14)18-10-19-16(13)21-5-7-22-8-6-21/h1-4,9-10H,5-8,17H2,(H,18,19,20)/i5D2,6D2,7D2,8D2. The summed E-state index contributed by atoms with van der Waals surface area (Å²) in [7, 11) is 0. The predicted molar refractivity (Wildman–Crippen MR) is 86.8 cm³/mol. The Morgan fingerprint density at radius 1 is 1.18 bits per heavy atom. The summed E-state index contributed by atoms with van der Waals surface area (Å²) in [6.07, 6.45) is 1.06. The van der Waals surface area contributed by atoms with Gasteiger partial charge >= 0.3 is 0 Å². The van der Waals surface area contributed by atoms with Crippen LogP contribution in [0.15, 0.2) is 36.7 Å². The number of nitrogen functional groups attached to an aromatic ring is 1. The number of H-pyrrole nitrogens is 1. The first-order valence-electron chi connectivity index (χ1n) is 10.5. The van der Waals surface area contributed by atoms with Gasteiger partial charge in [0, 0.05) is 24.4 Å². The molecule has 2 aromatic heterocycles. The number of benzene rings is 1. The van der Waals surface area contributed by atoms with Gasteiger partial charge in [0.05, 0.1) is 29.5 Å². The van der Waals surface area contributed by atoms with Gasteiger partial charge in [0.2, 0.25) is 0 Å². The van der Waals surface area contributed by atoms with E-state index in [-0.39, 0.29) is 16.9 Å². The molecule has 1 saturated heterocycles. The Balaban J connectivity index is 1.94. The maximum Gasteiger partial charge on any atom is 0.143 e. The Morgan fingerprint density at radius 3 is 2.73 bits per heavy atom. The van der Waals surface area contributed by atoms with E-state index in [0.29, 0.717) is 16.3 Å². The number of morpholine rings is 1. The molecular formula is C16H17N5O. The number of ether oxygens (including phenoxy) is 1. The van der Waals surface area contributed by atoms with Crippen LogP contribution < -0.4 is 10.6 Å². The highest BCUT2D eigenvalue weighted by molar-refractivity contribution is 5.92. The number of nitrogens with zero attached hydrogens (tertiary/aromatic N) is 3. The molecule has 112 valence electrons. The van der Waals surface area contributed by atoms with Crippen molar-refractivity contribution in [2.24, 2.45) is 0 Å². The number of aromatic nitrogens is 3. The van der Waals surface area contributed by atoms with Gasteiger partial charge in [-0.25, -0.2) is 9.97 Å². The van der Waals surface area contributed by atoms with Crippen LogP contribution in [0.25, 0.3) is 22.3 Å². The van der Waals surface area contributed by atoms with Crippen LogP contribution in [-0.4, -0.2) is 41.1 Å². The molecule has 0 unspecified atom stereocenters. The third-order valence-corrected chi connectivity index (χ3v) is 3.26. The number of nitrogens with one attached hydrogen (secondary N) is 1. The third kappa shape index (κ3) is 2.27. The molecule has 0 aliphatic carbocycles. The van der Waals surface area contributed by atoms with Crippen LogP contribution in [0.1, 0.15) is 11.0 Å². The Hall–Kier alpha value is -2.60. The van der Waals surface area contributed by atoms with Crippen molar-refractivity contribution in [2.45, 2.75) is 0 Å². The van der Waals surface area contributed by atoms with Crippen molar-refractivity contribution in [3.63, 3.8) is 0 Å². The van der Waals surface area contributed by atoms with E-state index in [1.54, 1.807) is 30.3 Å². The van der Waals surface area contributed by atoms with Crippen molar-refractivity contribution in [1.82, 2.24) is 15.0 Å². The molecule has 0 atom stereocenters. The lowest BCUT2D eigenvalue weighted by molar-refractivity contribution is 0.122. The second kappa shape index (κ2) is 5.31. The Morgan fingerprint density at radius 2 is 1.95 bits per heavy atom. The van der Waals surface area contributed by atoms with E-state index < -0.39 is 26.1 Å². The van der Waals surface area contributed by atoms with Gasteiger partial charge in [0.1, 0.15) is 17.8 Å². The summed E-state index contributed by atoms with van der Waals surface area (Å²) in [4.78, 5) is 11.4. The molecule has 1 aliphatic heterocycles. The quantitative estimate of drug-likeness (QED) is 0.708. The van der Waals surface area contributed by atoms with Gasteiger partial charge in [0.25, 0.3) is 0 Å². The first-order chi connectivity index (χ1) is 13.8. The topological polar surface area (TPSA) is 80.1 Å². The van der Waals surface area contributed by atoms with E-state index in [1.165, 1.54) is 0 Å². The lowest BCUT2D eigenvalue weighted by Crippen LogP contribution is -2.36. The number of hydrogen-bond acceptors (Lipinski definition) is 5. The monoisotopic (exact) mass is 303 g/mol. The summed E-state index contributed by atoms with van der Waals surface area (Å²) >= 11 is 0. The van der Waals surface area contributed by atoms with Crippen LogP contribution >= 0.6 is 0 Å². The largest absolute Gasteiger partial charge is 0.399 e. The molecule has 3 heterocycles. The number of hydrogen-bond donors (Lipinski definition) is 2. The lowest BCUT2D eigenvalue weighted by atomic mass is 10.1. The van der Waals surface area contributed by atoms with Gasteiger partial charge in [0.15, 0.2) is 0 Å². The summed E-state index contributed by atoms with van der Waals surface area (Å²) < 4.78 is 68.9. The minimum absolute atomic E-state index is 0.186. The van der Waals surface area contributed by atoms with E-state index in [9.17, 15) is 0 Å². The first kappa shape index (κ1) is 7.11. The molecule has 1 fully saturated rings. The Labute approximate surface area is 139 Å². The van der Waals surface area contributed by atoms with Crippen LogP contribution in [0.5, 0.6) is 0 Å². The molecule has 22 heavy (non-hydrogen) atoms. The predicted octanol–water partition coefficient (Wildman–Crippen LogP) is 2.04. The molecule has 3 aromatic rings. The van der Waals surface area contributed by atoms with E-state index >= 15 is 0 Å². The Kier molecular flexibility index (Phi) is 1.71. The maximum atomic E-state index is 8.23. The number of aromatic amines is 1. The van der Waals surface area contributed by atoms with Crippen molar-refractivity contribution < 1.29 is 15.7 Å². The summed E-state index contributed by atoms with van der Waals surface area (Å²) in [5.41, 5.74) is 7.80. The minimum atomic E-state index is -3.17. The van der Waals surface area contributed by atoms with Gasteiger partial charge in [-0.15, -0.1) is 0 Å². The molecule has 0 bridgehead atoms. The average Bonchev–Trinajstić information content (AvgIpc) is 3.05. The van der Waals surface area contributed by atoms with Gasteiger partial charge in [-0.05, 0) is 23.8 Å². The molecule has 6 nitrogen and oxygen atoms in total. The normalized spacial score (nSPS) is 29.9. The fraction of sp³-hybridized carbons (Fsp3) is 0.250. The van der Waals surface area contributed by atoms with E-state index in [1.807, 2.05) is 0 Å². The number of anilines is 2. The summed E-state index contributed by atoms with van der Waals surface area (Å²) in [5, 5.41) is 0.186. The molecule has 1 aliphatic rings. The van der Waals surface area contributed by atoms with Crippen molar-refractivity contribution in [3.05, 3.63) is 36.7 Å². The highest BCUT2D eigenvalue weighted by Crippen LogP contribution is 2.29. The molecule has 3 N–H and O–H groups in total. The molecular weight excluding hydrogens is 278 g/mol. The zero-order chi connectivity index (χ0) is 22.1. The zero-order valence-corrected chi connectivity index (χ0v) is 11.3. The smallest absolute Gasteiger partial charge is 0.143 e. The van der Waals surface area contributed by atoms with Gasteiger partial charge < -0.3 is 20.4 Å². The zero-order valence-electron chi connectivity index (χ0n) is 19.3. The molecule has 6 heteroatoms. The molecule has 1 aromatic carbocycles. The van der Waals surface area contributed by atoms with Crippen molar-refractivity contribution in [1.29, 1.82) is 0 Å². The maximum absolute atomic E-state index is 8.23. The van der Waals surface area contributed by atoms with E-state index in [0.717, 1.165) is 11.9 Å². The number of fused-ring (bicyclic) bond motifs is 1. The first-order valence-corrected chi connectivity index (χ1v) is 6.48. The van der Waals surface area contributed by atoms with Crippen LogP contribution in [0.3, 0.4) is 0 Å². The van der Waals surface area contributed by atoms with Crippen LogP contribution in [0.2, 0.25) is 0 Å².